The third-order valence-electron chi connectivity index (χ3n) is 2.39. The Hall–Kier alpha value is -1.99. The Labute approximate surface area is 100 Å². The number of aliphatic hydroxyl groups excluding tert-OH is 1. The van der Waals surface area contributed by atoms with Gasteiger partial charge in [0.05, 0.1) is 5.69 Å². The molecular formula is C13H14N2O2. The van der Waals surface area contributed by atoms with Crippen LogP contribution in [0.3, 0.4) is 0 Å². The molecule has 1 aliphatic rings. The molecule has 4 nitrogen and oxygen atoms in total. The number of rotatable bonds is 2. The van der Waals surface area contributed by atoms with Crippen LogP contribution < -0.4 is 10.6 Å². The van der Waals surface area contributed by atoms with Crippen LogP contribution >= 0.6 is 0 Å². The highest BCUT2D eigenvalue weighted by atomic mass is 16.2. The number of aliphatic hydroxyl groups is 1. The summed E-state index contributed by atoms with van der Waals surface area (Å²) in [5.41, 5.74) is 1.36. The molecule has 0 aromatic heterocycles. The molecule has 0 saturated heterocycles. The molecule has 3 N–H and O–H groups in total. The third-order valence-corrected chi connectivity index (χ3v) is 2.39. The van der Waals surface area contributed by atoms with Crippen LogP contribution in [0.15, 0.2) is 24.3 Å². The Kier molecular flexibility index (Phi) is 3.63. The number of hydrogen-bond donors (Lipinski definition) is 3. The highest BCUT2D eigenvalue weighted by Gasteiger charge is 2.23. The van der Waals surface area contributed by atoms with E-state index in [9.17, 15) is 4.79 Å². The second kappa shape index (κ2) is 5.37. The highest BCUT2D eigenvalue weighted by Crippen LogP contribution is 2.19. The Bertz CT molecular complexity index is 470. The molecule has 1 aromatic rings. The van der Waals surface area contributed by atoms with Gasteiger partial charge in [0.15, 0.2) is 0 Å². The predicted molar refractivity (Wildman–Crippen MR) is 65.6 cm³/mol. The number of benzene rings is 1. The molecule has 1 fully saturated rings. The topological polar surface area (TPSA) is 61.4 Å². The van der Waals surface area contributed by atoms with E-state index >= 15 is 0 Å². The molecule has 0 unspecified atom stereocenters. The number of para-hydroxylation sites is 1. The molecule has 1 aromatic carbocycles. The van der Waals surface area contributed by atoms with Crippen LogP contribution in [-0.4, -0.2) is 23.8 Å². The zero-order valence-electron chi connectivity index (χ0n) is 9.36. The maximum atomic E-state index is 11.6. The minimum Gasteiger partial charge on any atom is -0.384 e. The van der Waals surface area contributed by atoms with E-state index < -0.39 is 0 Å². The lowest BCUT2D eigenvalue weighted by atomic mass is 10.2. The summed E-state index contributed by atoms with van der Waals surface area (Å²) in [6.45, 7) is -0.192. The SMILES string of the molecule is O=C(Nc1ccccc1C#CCO)NC1CC1. The van der Waals surface area contributed by atoms with Crippen LogP contribution in [0.2, 0.25) is 0 Å². The lowest BCUT2D eigenvalue weighted by Gasteiger charge is -2.08. The molecule has 1 aliphatic carbocycles. The van der Waals surface area contributed by atoms with E-state index in [1.165, 1.54) is 0 Å². The summed E-state index contributed by atoms with van der Waals surface area (Å²) in [5, 5.41) is 14.2. The van der Waals surface area contributed by atoms with Gasteiger partial charge in [-0.2, -0.15) is 0 Å². The van der Waals surface area contributed by atoms with Crippen molar-refractivity contribution >= 4 is 11.7 Å². The van der Waals surface area contributed by atoms with Gasteiger partial charge in [0, 0.05) is 11.6 Å². The number of amides is 2. The molecule has 4 heteroatoms. The molecule has 0 spiro atoms. The molecule has 0 heterocycles. The van der Waals surface area contributed by atoms with Crippen molar-refractivity contribution < 1.29 is 9.90 Å². The first kappa shape index (κ1) is 11.5. The number of urea groups is 1. The van der Waals surface area contributed by atoms with E-state index in [4.69, 9.17) is 5.11 Å². The number of anilines is 1. The van der Waals surface area contributed by atoms with Crippen LogP contribution in [0, 0.1) is 11.8 Å². The summed E-state index contributed by atoms with van der Waals surface area (Å²) < 4.78 is 0. The van der Waals surface area contributed by atoms with E-state index in [0.717, 1.165) is 12.8 Å². The van der Waals surface area contributed by atoms with E-state index in [1.54, 1.807) is 12.1 Å². The van der Waals surface area contributed by atoms with Gasteiger partial charge in [0.25, 0.3) is 0 Å². The molecule has 0 bridgehead atoms. The van der Waals surface area contributed by atoms with Crippen LogP contribution in [-0.2, 0) is 0 Å². The third kappa shape index (κ3) is 3.51. The maximum absolute atomic E-state index is 11.6. The van der Waals surface area contributed by atoms with Gasteiger partial charge in [-0.05, 0) is 25.0 Å². The summed E-state index contributed by atoms with van der Waals surface area (Å²) >= 11 is 0. The zero-order valence-corrected chi connectivity index (χ0v) is 9.36. The largest absolute Gasteiger partial charge is 0.384 e. The first-order valence-corrected chi connectivity index (χ1v) is 5.56. The van der Waals surface area contributed by atoms with Gasteiger partial charge in [-0.15, -0.1) is 0 Å². The fourth-order valence-electron chi connectivity index (χ4n) is 1.41. The second-order valence-corrected chi connectivity index (χ2v) is 3.88. The number of carbonyl (C=O) groups is 1. The number of hydrogen-bond acceptors (Lipinski definition) is 2. The fraction of sp³-hybridized carbons (Fsp3) is 0.308. The monoisotopic (exact) mass is 230 g/mol. The van der Waals surface area contributed by atoms with Gasteiger partial charge in [0.2, 0.25) is 0 Å². The van der Waals surface area contributed by atoms with E-state index in [-0.39, 0.29) is 12.6 Å². The van der Waals surface area contributed by atoms with Crippen molar-refractivity contribution in [3.05, 3.63) is 29.8 Å². The number of carbonyl (C=O) groups excluding carboxylic acids is 1. The van der Waals surface area contributed by atoms with Crippen molar-refractivity contribution in [2.24, 2.45) is 0 Å². The zero-order chi connectivity index (χ0) is 12.1. The average Bonchev–Trinajstić information content (AvgIpc) is 3.11. The molecule has 0 aliphatic heterocycles. The first-order valence-electron chi connectivity index (χ1n) is 5.56. The summed E-state index contributed by atoms with van der Waals surface area (Å²) in [7, 11) is 0. The Morgan fingerprint density at radius 2 is 2.18 bits per heavy atom. The minimum atomic E-state index is -0.203. The molecular weight excluding hydrogens is 216 g/mol. The van der Waals surface area contributed by atoms with Crippen molar-refractivity contribution in [2.75, 3.05) is 11.9 Å². The summed E-state index contributed by atoms with van der Waals surface area (Å²) in [6.07, 6.45) is 2.11. The van der Waals surface area contributed by atoms with Gasteiger partial charge in [-0.1, -0.05) is 24.0 Å². The lowest BCUT2D eigenvalue weighted by Crippen LogP contribution is -2.30. The molecule has 1 saturated carbocycles. The molecule has 2 amide bonds. The van der Waals surface area contributed by atoms with Gasteiger partial charge in [-0.25, -0.2) is 4.79 Å². The molecule has 88 valence electrons. The van der Waals surface area contributed by atoms with Crippen molar-refractivity contribution in [1.82, 2.24) is 5.32 Å². The van der Waals surface area contributed by atoms with Crippen LogP contribution in [0.25, 0.3) is 0 Å². The summed E-state index contributed by atoms with van der Waals surface area (Å²) in [4.78, 5) is 11.6. The van der Waals surface area contributed by atoms with Crippen LogP contribution in [0.4, 0.5) is 10.5 Å². The van der Waals surface area contributed by atoms with Crippen molar-refractivity contribution in [1.29, 1.82) is 0 Å². The Morgan fingerprint density at radius 1 is 1.41 bits per heavy atom. The fourth-order valence-corrected chi connectivity index (χ4v) is 1.41. The van der Waals surface area contributed by atoms with E-state index in [2.05, 4.69) is 22.5 Å². The van der Waals surface area contributed by atoms with Crippen molar-refractivity contribution in [3.8, 4) is 11.8 Å². The maximum Gasteiger partial charge on any atom is 0.319 e. The summed E-state index contributed by atoms with van der Waals surface area (Å²) in [6, 6.07) is 7.38. The summed E-state index contributed by atoms with van der Waals surface area (Å²) in [5.74, 6) is 5.36. The van der Waals surface area contributed by atoms with Gasteiger partial charge < -0.3 is 15.7 Å². The van der Waals surface area contributed by atoms with Crippen LogP contribution in [0.1, 0.15) is 18.4 Å². The Morgan fingerprint density at radius 3 is 2.88 bits per heavy atom. The molecule has 17 heavy (non-hydrogen) atoms. The van der Waals surface area contributed by atoms with Crippen molar-refractivity contribution in [2.45, 2.75) is 18.9 Å². The number of nitrogens with one attached hydrogen (secondary N) is 2. The highest BCUT2D eigenvalue weighted by molar-refractivity contribution is 5.91. The predicted octanol–water partition coefficient (Wildman–Crippen LogP) is 1.31. The van der Waals surface area contributed by atoms with Gasteiger partial charge >= 0.3 is 6.03 Å². The normalized spacial score (nSPS) is 13.5. The van der Waals surface area contributed by atoms with Gasteiger partial charge in [-0.3, -0.25) is 0 Å². The molecule has 0 atom stereocenters. The van der Waals surface area contributed by atoms with E-state index in [0.29, 0.717) is 17.3 Å². The quantitative estimate of drug-likeness (QED) is 0.671. The average molecular weight is 230 g/mol. The van der Waals surface area contributed by atoms with Crippen molar-refractivity contribution in [3.63, 3.8) is 0 Å². The second-order valence-electron chi connectivity index (χ2n) is 3.88. The molecule has 0 radical (unpaired) electrons. The lowest BCUT2D eigenvalue weighted by molar-refractivity contribution is 0.251. The van der Waals surface area contributed by atoms with Gasteiger partial charge in [0.1, 0.15) is 6.61 Å². The van der Waals surface area contributed by atoms with Crippen LogP contribution in [0.5, 0.6) is 0 Å². The van der Waals surface area contributed by atoms with E-state index in [1.807, 2.05) is 12.1 Å². The first-order chi connectivity index (χ1) is 8.29. The minimum absolute atomic E-state index is 0.192. The molecule has 2 rings (SSSR count). The standard InChI is InChI=1S/C13H14N2O2/c16-9-3-5-10-4-1-2-6-12(10)15-13(17)14-11-7-8-11/h1-2,4,6,11,16H,7-9H2,(H2,14,15,17). The Balaban J connectivity index is 2.05. The smallest absolute Gasteiger partial charge is 0.319 e.